The molecule has 0 aromatic heterocycles. The lowest BCUT2D eigenvalue weighted by atomic mass is 9.76. The maximum atomic E-state index is 12.5. The summed E-state index contributed by atoms with van der Waals surface area (Å²) >= 11 is 0. The topological polar surface area (TPSA) is 66.8 Å². The van der Waals surface area contributed by atoms with Crippen LogP contribution in [0.1, 0.15) is 40.9 Å². The molecule has 5 nitrogen and oxygen atoms in total. The van der Waals surface area contributed by atoms with E-state index < -0.39 is 11.4 Å². The standard InChI is InChI=1S/C20H21NO4/c1-20(2)13-21(19(24)25-12-14-7-4-3-5-8-14)11-15-9-6-10-16(17(15)20)18(22)23/h3-10H,11-13H2,1-2H3,(H,22,23). The second kappa shape index (κ2) is 6.59. The van der Waals surface area contributed by atoms with Crippen molar-refractivity contribution in [3.05, 3.63) is 70.8 Å². The lowest BCUT2D eigenvalue weighted by Gasteiger charge is -2.40. The molecule has 25 heavy (non-hydrogen) atoms. The molecule has 0 unspecified atom stereocenters. The molecule has 0 atom stereocenters. The Kier molecular flexibility index (Phi) is 4.49. The number of hydrogen-bond acceptors (Lipinski definition) is 3. The third kappa shape index (κ3) is 3.50. The van der Waals surface area contributed by atoms with E-state index in [1.54, 1.807) is 17.0 Å². The van der Waals surface area contributed by atoms with Crippen molar-refractivity contribution in [3.63, 3.8) is 0 Å². The van der Waals surface area contributed by atoms with E-state index in [-0.39, 0.29) is 12.7 Å². The van der Waals surface area contributed by atoms with E-state index in [1.807, 2.05) is 50.2 Å². The van der Waals surface area contributed by atoms with Gasteiger partial charge in [-0.2, -0.15) is 0 Å². The van der Waals surface area contributed by atoms with E-state index in [4.69, 9.17) is 4.74 Å². The highest BCUT2D eigenvalue weighted by Gasteiger charge is 2.37. The molecule has 0 saturated heterocycles. The van der Waals surface area contributed by atoms with Crippen LogP contribution in [0.4, 0.5) is 4.79 Å². The minimum Gasteiger partial charge on any atom is -0.478 e. The maximum absolute atomic E-state index is 12.5. The van der Waals surface area contributed by atoms with Crippen molar-refractivity contribution in [2.75, 3.05) is 6.54 Å². The van der Waals surface area contributed by atoms with Gasteiger partial charge in [0, 0.05) is 18.5 Å². The Morgan fingerprint density at radius 1 is 1.12 bits per heavy atom. The van der Waals surface area contributed by atoms with Gasteiger partial charge in [-0.3, -0.25) is 0 Å². The smallest absolute Gasteiger partial charge is 0.410 e. The molecule has 1 amide bonds. The molecule has 0 saturated carbocycles. The molecule has 1 N–H and O–H groups in total. The van der Waals surface area contributed by atoms with Crippen LogP contribution in [0.5, 0.6) is 0 Å². The van der Waals surface area contributed by atoms with Crippen molar-refractivity contribution >= 4 is 12.1 Å². The molecule has 2 aromatic rings. The number of carboxylic acids is 1. The van der Waals surface area contributed by atoms with Crippen molar-refractivity contribution in [1.29, 1.82) is 0 Å². The number of aromatic carboxylic acids is 1. The first-order chi connectivity index (χ1) is 11.9. The number of rotatable bonds is 3. The quantitative estimate of drug-likeness (QED) is 0.923. The van der Waals surface area contributed by atoms with Crippen LogP contribution in [0.2, 0.25) is 0 Å². The van der Waals surface area contributed by atoms with E-state index in [1.165, 1.54) is 0 Å². The first-order valence-corrected chi connectivity index (χ1v) is 8.20. The number of benzene rings is 2. The Morgan fingerprint density at radius 3 is 2.52 bits per heavy atom. The van der Waals surface area contributed by atoms with Gasteiger partial charge >= 0.3 is 12.1 Å². The zero-order valence-corrected chi connectivity index (χ0v) is 14.4. The molecule has 3 rings (SSSR count). The molecule has 2 aromatic carbocycles. The van der Waals surface area contributed by atoms with Gasteiger partial charge in [-0.15, -0.1) is 0 Å². The minimum absolute atomic E-state index is 0.221. The lowest BCUT2D eigenvalue weighted by molar-refractivity contribution is 0.0687. The Morgan fingerprint density at radius 2 is 1.84 bits per heavy atom. The fourth-order valence-corrected chi connectivity index (χ4v) is 3.47. The molecule has 0 fully saturated rings. The third-order valence-electron chi connectivity index (χ3n) is 4.47. The second-order valence-electron chi connectivity index (χ2n) is 6.92. The predicted molar refractivity (Wildman–Crippen MR) is 93.5 cm³/mol. The van der Waals surface area contributed by atoms with Gasteiger partial charge in [0.1, 0.15) is 6.61 Å². The summed E-state index contributed by atoms with van der Waals surface area (Å²) in [5.41, 5.74) is 2.43. The summed E-state index contributed by atoms with van der Waals surface area (Å²) in [6, 6.07) is 14.7. The van der Waals surface area contributed by atoms with Crippen LogP contribution in [0.3, 0.4) is 0 Å². The number of carbonyl (C=O) groups excluding carboxylic acids is 1. The molecular formula is C20H21NO4. The molecule has 1 aliphatic heterocycles. The molecule has 0 spiro atoms. The van der Waals surface area contributed by atoms with Crippen LogP contribution in [0, 0.1) is 0 Å². The predicted octanol–water partition coefficient (Wildman–Crippen LogP) is 3.81. The van der Waals surface area contributed by atoms with Crippen LogP contribution >= 0.6 is 0 Å². The fourth-order valence-electron chi connectivity index (χ4n) is 3.47. The van der Waals surface area contributed by atoms with Crippen molar-refractivity contribution in [2.24, 2.45) is 0 Å². The number of ether oxygens (including phenoxy) is 1. The SMILES string of the molecule is CC1(C)CN(C(=O)OCc2ccccc2)Cc2cccc(C(=O)O)c21. The van der Waals surface area contributed by atoms with E-state index in [2.05, 4.69) is 0 Å². The molecule has 1 heterocycles. The van der Waals surface area contributed by atoms with Gasteiger partial charge in [-0.05, 0) is 22.8 Å². The lowest BCUT2D eigenvalue weighted by Crippen LogP contribution is -2.46. The first kappa shape index (κ1) is 17.0. The van der Waals surface area contributed by atoms with E-state index in [0.717, 1.165) is 16.7 Å². The summed E-state index contributed by atoms with van der Waals surface area (Å²) in [5.74, 6) is -0.940. The van der Waals surface area contributed by atoms with Gasteiger partial charge in [-0.25, -0.2) is 9.59 Å². The van der Waals surface area contributed by atoms with Crippen molar-refractivity contribution in [2.45, 2.75) is 32.4 Å². The molecule has 5 heteroatoms. The number of fused-ring (bicyclic) bond motifs is 1. The van der Waals surface area contributed by atoms with Crippen LogP contribution < -0.4 is 0 Å². The van der Waals surface area contributed by atoms with Gasteiger partial charge in [0.2, 0.25) is 0 Å². The minimum atomic E-state index is -0.940. The van der Waals surface area contributed by atoms with E-state index >= 15 is 0 Å². The number of carbonyl (C=O) groups is 2. The highest BCUT2D eigenvalue weighted by Crippen LogP contribution is 2.36. The van der Waals surface area contributed by atoms with Crippen molar-refractivity contribution < 1.29 is 19.4 Å². The number of amides is 1. The van der Waals surface area contributed by atoms with Crippen LogP contribution in [0.15, 0.2) is 48.5 Å². The van der Waals surface area contributed by atoms with E-state index in [9.17, 15) is 14.7 Å². The largest absolute Gasteiger partial charge is 0.478 e. The molecule has 130 valence electrons. The summed E-state index contributed by atoms with van der Waals surface area (Å²) in [7, 11) is 0. The Hall–Kier alpha value is -2.82. The average molecular weight is 339 g/mol. The monoisotopic (exact) mass is 339 g/mol. The summed E-state index contributed by atoms with van der Waals surface area (Å²) in [5, 5.41) is 9.45. The molecule has 0 radical (unpaired) electrons. The third-order valence-corrected chi connectivity index (χ3v) is 4.47. The normalized spacial score (nSPS) is 15.4. The number of carboxylic acid groups (broad SMARTS) is 1. The zero-order chi connectivity index (χ0) is 18.0. The van der Waals surface area contributed by atoms with Gasteiger partial charge in [0.05, 0.1) is 5.56 Å². The van der Waals surface area contributed by atoms with Crippen LogP contribution in [-0.4, -0.2) is 28.6 Å². The summed E-state index contributed by atoms with van der Waals surface area (Å²) in [6.45, 7) is 4.90. The fraction of sp³-hybridized carbons (Fsp3) is 0.300. The van der Waals surface area contributed by atoms with Crippen molar-refractivity contribution in [1.82, 2.24) is 4.90 Å². The zero-order valence-electron chi connectivity index (χ0n) is 14.4. The molecular weight excluding hydrogens is 318 g/mol. The highest BCUT2D eigenvalue weighted by molar-refractivity contribution is 5.90. The molecule has 1 aliphatic rings. The van der Waals surface area contributed by atoms with E-state index in [0.29, 0.717) is 18.7 Å². The van der Waals surface area contributed by atoms with Crippen molar-refractivity contribution in [3.8, 4) is 0 Å². The Balaban J connectivity index is 1.79. The van der Waals surface area contributed by atoms with Gasteiger partial charge in [0.15, 0.2) is 0 Å². The number of hydrogen-bond donors (Lipinski definition) is 1. The summed E-state index contributed by atoms with van der Waals surface area (Å²) in [6.07, 6.45) is -0.386. The van der Waals surface area contributed by atoms with Gasteiger partial charge in [0.25, 0.3) is 0 Å². The summed E-state index contributed by atoms with van der Waals surface area (Å²) < 4.78 is 5.42. The second-order valence-corrected chi connectivity index (χ2v) is 6.92. The molecule has 0 bridgehead atoms. The first-order valence-electron chi connectivity index (χ1n) is 8.20. The maximum Gasteiger partial charge on any atom is 0.410 e. The van der Waals surface area contributed by atoms with Crippen LogP contribution in [0.25, 0.3) is 0 Å². The Bertz CT molecular complexity index is 799. The molecule has 0 aliphatic carbocycles. The van der Waals surface area contributed by atoms with Gasteiger partial charge < -0.3 is 14.7 Å². The van der Waals surface area contributed by atoms with Crippen LogP contribution in [-0.2, 0) is 23.3 Å². The summed E-state index contributed by atoms with van der Waals surface area (Å²) in [4.78, 5) is 25.6. The number of nitrogens with zero attached hydrogens (tertiary/aromatic N) is 1. The highest BCUT2D eigenvalue weighted by atomic mass is 16.6. The Labute approximate surface area is 146 Å². The van der Waals surface area contributed by atoms with Gasteiger partial charge in [-0.1, -0.05) is 56.3 Å². The average Bonchev–Trinajstić information content (AvgIpc) is 2.59.